The number of ether oxygens (including phenoxy) is 1. The number of nitrogen functional groups attached to an aromatic ring is 2. The first-order valence-corrected chi connectivity index (χ1v) is 8.59. The number of rotatable bonds is 7. The Morgan fingerprint density at radius 3 is 2.71 bits per heavy atom. The molecule has 0 atom stereocenters. The second-order valence-electron chi connectivity index (χ2n) is 6.15. The van der Waals surface area contributed by atoms with Gasteiger partial charge in [-0.1, -0.05) is 28.9 Å². The van der Waals surface area contributed by atoms with E-state index in [0.29, 0.717) is 35.1 Å². The van der Waals surface area contributed by atoms with Gasteiger partial charge in [-0.3, -0.25) is 4.99 Å². The summed E-state index contributed by atoms with van der Waals surface area (Å²) in [7, 11) is 0. The maximum absolute atomic E-state index is 5.91. The van der Waals surface area contributed by atoms with Crippen LogP contribution in [0.2, 0.25) is 0 Å². The number of hydrogen-bond donors (Lipinski definition) is 2. The SMILES string of the molecule is C=N/C=C(\C=C(/C)Cc1cc(-c2ccc(N)nc2N)on1)Oc1ccccc1. The lowest BCUT2D eigenvalue weighted by atomic mass is 10.1. The van der Waals surface area contributed by atoms with Crippen LogP contribution in [0.4, 0.5) is 11.6 Å². The van der Waals surface area contributed by atoms with Crippen LogP contribution in [0.5, 0.6) is 5.75 Å². The van der Waals surface area contributed by atoms with Gasteiger partial charge in [0.15, 0.2) is 5.76 Å². The molecule has 0 unspecified atom stereocenters. The number of allylic oxidation sites excluding steroid dienone is 2. The van der Waals surface area contributed by atoms with E-state index in [2.05, 4.69) is 21.9 Å². The molecule has 0 aliphatic carbocycles. The van der Waals surface area contributed by atoms with Crippen LogP contribution in [0.15, 0.2) is 81.7 Å². The van der Waals surface area contributed by atoms with E-state index < -0.39 is 0 Å². The van der Waals surface area contributed by atoms with E-state index in [1.807, 2.05) is 49.4 Å². The van der Waals surface area contributed by atoms with Gasteiger partial charge in [-0.25, -0.2) is 4.98 Å². The lowest BCUT2D eigenvalue weighted by molar-refractivity contribution is 0.424. The number of aliphatic imine (C=N–C) groups is 1. The Hall–Kier alpha value is -3.87. The molecule has 4 N–H and O–H groups in total. The van der Waals surface area contributed by atoms with Gasteiger partial charge in [0.1, 0.15) is 23.1 Å². The van der Waals surface area contributed by atoms with Crippen LogP contribution in [0.25, 0.3) is 11.3 Å². The molecule has 7 nitrogen and oxygen atoms in total. The average molecular weight is 375 g/mol. The third-order valence-electron chi connectivity index (χ3n) is 3.82. The van der Waals surface area contributed by atoms with Crippen LogP contribution in [-0.2, 0) is 6.42 Å². The first-order chi connectivity index (χ1) is 13.5. The molecule has 1 aromatic carbocycles. The van der Waals surface area contributed by atoms with E-state index in [9.17, 15) is 0 Å². The summed E-state index contributed by atoms with van der Waals surface area (Å²) in [5.41, 5.74) is 13.9. The molecule has 0 amide bonds. The van der Waals surface area contributed by atoms with E-state index >= 15 is 0 Å². The monoisotopic (exact) mass is 375 g/mol. The van der Waals surface area contributed by atoms with Gasteiger partial charge in [0.2, 0.25) is 0 Å². The maximum Gasteiger partial charge on any atom is 0.170 e. The van der Waals surface area contributed by atoms with Crippen LogP contribution in [0.3, 0.4) is 0 Å². The highest BCUT2D eigenvalue weighted by atomic mass is 16.5. The van der Waals surface area contributed by atoms with Crippen molar-refractivity contribution in [3.05, 3.63) is 77.8 Å². The lowest BCUT2D eigenvalue weighted by Gasteiger charge is -2.07. The van der Waals surface area contributed by atoms with Crippen molar-refractivity contribution in [2.45, 2.75) is 13.3 Å². The number of para-hydroxylation sites is 1. The van der Waals surface area contributed by atoms with Gasteiger partial charge < -0.3 is 20.7 Å². The molecule has 3 rings (SSSR count). The van der Waals surface area contributed by atoms with E-state index in [4.69, 9.17) is 20.7 Å². The van der Waals surface area contributed by atoms with Crippen molar-refractivity contribution in [3.8, 4) is 17.1 Å². The zero-order valence-electron chi connectivity index (χ0n) is 15.5. The van der Waals surface area contributed by atoms with E-state index in [-0.39, 0.29) is 0 Å². The van der Waals surface area contributed by atoms with Crippen LogP contribution in [0.1, 0.15) is 12.6 Å². The normalized spacial score (nSPS) is 12.0. The molecule has 0 aliphatic rings. The summed E-state index contributed by atoms with van der Waals surface area (Å²) < 4.78 is 11.2. The molecule has 0 saturated carbocycles. The van der Waals surface area contributed by atoms with Crippen molar-refractivity contribution < 1.29 is 9.26 Å². The Bertz CT molecular complexity index is 1020. The number of nitrogens with zero attached hydrogens (tertiary/aromatic N) is 3. The minimum Gasteiger partial charge on any atom is -0.456 e. The van der Waals surface area contributed by atoms with Crippen LogP contribution in [0, 0.1) is 0 Å². The van der Waals surface area contributed by atoms with E-state index in [0.717, 1.165) is 17.0 Å². The lowest BCUT2D eigenvalue weighted by Crippen LogP contribution is -1.97. The Morgan fingerprint density at radius 1 is 1.21 bits per heavy atom. The second-order valence-corrected chi connectivity index (χ2v) is 6.15. The van der Waals surface area contributed by atoms with Gasteiger partial charge in [-0.2, -0.15) is 0 Å². The average Bonchev–Trinajstić information content (AvgIpc) is 3.10. The van der Waals surface area contributed by atoms with Gasteiger partial charge in [-0.15, -0.1) is 0 Å². The molecule has 0 aliphatic heterocycles. The standard InChI is InChI=1S/C21H21N5O2/c1-14(11-17(13-24-2)27-16-6-4-3-5-7-16)10-15-12-19(28-26-15)18-8-9-20(22)25-21(18)23/h3-9,11-13H,2,10H2,1H3,(H4,22,23,25)/b14-11+,17-13+. The Labute approximate surface area is 163 Å². The molecule has 28 heavy (non-hydrogen) atoms. The minimum absolute atomic E-state index is 0.300. The fourth-order valence-electron chi connectivity index (χ4n) is 2.61. The van der Waals surface area contributed by atoms with Crippen LogP contribution in [-0.4, -0.2) is 16.9 Å². The van der Waals surface area contributed by atoms with Crippen LogP contribution < -0.4 is 16.2 Å². The van der Waals surface area contributed by atoms with E-state index in [1.54, 1.807) is 18.3 Å². The highest BCUT2D eigenvalue weighted by Crippen LogP contribution is 2.26. The van der Waals surface area contributed by atoms with Crippen LogP contribution >= 0.6 is 0 Å². The summed E-state index contributed by atoms with van der Waals surface area (Å²) in [6, 6.07) is 14.7. The largest absolute Gasteiger partial charge is 0.456 e. The van der Waals surface area contributed by atoms with Crippen molar-refractivity contribution in [1.29, 1.82) is 0 Å². The maximum atomic E-state index is 5.91. The molecular weight excluding hydrogens is 354 g/mol. The number of benzene rings is 1. The smallest absolute Gasteiger partial charge is 0.170 e. The number of anilines is 2. The zero-order valence-corrected chi connectivity index (χ0v) is 15.5. The summed E-state index contributed by atoms with van der Waals surface area (Å²) in [6.45, 7) is 5.47. The summed E-state index contributed by atoms with van der Waals surface area (Å²) in [5, 5.41) is 4.11. The van der Waals surface area contributed by atoms with Gasteiger partial charge in [0.05, 0.1) is 17.5 Å². The van der Waals surface area contributed by atoms with Gasteiger partial charge in [-0.05, 0) is 44.0 Å². The molecule has 3 aromatic rings. The summed E-state index contributed by atoms with van der Waals surface area (Å²) >= 11 is 0. The predicted octanol–water partition coefficient (Wildman–Crippen LogP) is 4.01. The molecular formula is C21H21N5O2. The molecule has 2 heterocycles. The summed E-state index contributed by atoms with van der Waals surface area (Å²) in [4.78, 5) is 7.84. The van der Waals surface area contributed by atoms with E-state index in [1.165, 1.54) is 0 Å². The van der Waals surface area contributed by atoms with Gasteiger partial charge >= 0.3 is 0 Å². The predicted molar refractivity (Wildman–Crippen MR) is 111 cm³/mol. The number of hydrogen-bond acceptors (Lipinski definition) is 7. The molecule has 0 bridgehead atoms. The first kappa shape index (κ1) is 18.9. The fourth-order valence-corrected chi connectivity index (χ4v) is 2.61. The Morgan fingerprint density at radius 2 is 2.00 bits per heavy atom. The number of aromatic nitrogens is 2. The van der Waals surface area contributed by atoms with Crippen molar-refractivity contribution in [2.75, 3.05) is 11.5 Å². The molecule has 142 valence electrons. The van der Waals surface area contributed by atoms with Gasteiger partial charge in [0, 0.05) is 12.5 Å². The zero-order chi connectivity index (χ0) is 19.9. The van der Waals surface area contributed by atoms with Gasteiger partial charge in [0.25, 0.3) is 0 Å². The second kappa shape index (κ2) is 8.68. The first-order valence-electron chi connectivity index (χ1n) is 8.59. The van der Waals surface area contributed by atoms with Crippen molar-refractivity contribution in [1.82, 2.24) is 10.1 Å². The Balaban J connectivity index is 1.74. The molecule has 7 heteroatoms. The quantitative estimate of drug-likeness (QED) is 0.366. The highest BCUT2D eigenvalue weighted by Gasteiger charge is 2.11. The van der Waals surface area contributed by atoms with Crippen molar-refractivity contribution >= 4 is 18.4 Å². The molecule has 0 spiro atoms. The third-order valence-corrected chi connectivity index (χ3v) is 3.82. The minimum atomic E-state index is 0.300. The fraction of sp³-hybridized carbons (Fsp3) is 0.0952. The molecule has 2 aromatic heterocycles. The number of nitrogens with two attached hydrogens (primary N) is 2. The molecule has 0 saturated heterocycles. The Kier molecular flexibility index (Phi) is 5.86. The topological polar surface area (TPSA) is 113 Å². The highest BCUT2D eigenvalue weighted by molar-refractivity contribution is 5.71. The number of pyridine rings is 1. The third kappa shape index (κ3) is 4.85. The summed E-state index contributed by atoms with van der Waals surface area (Å²) in [5.74, 6) is 2.49. The molecule has 0 radical (unpaired) electrons. The molecule has 0 fully saturated rings. The summed E-state index contributed by atoms with van der Waals surface area (Å²) in [6.07, 6.45) is 4.01. The van der Waals surface area contributed by atoms with Crippen molar-refractivity contribution in [2.24, 2.45) is 4.99 Å². The van der Waals surface area contributed by atoms with Crippen molar-refractivity contribution in [3.63, 3.8) is 0 Å².